The van der Waals surface area contributed by atoms with Gasteiger partial charge < -0.3 is 4.85 Å². The Morgan fingerprint density at radius 3 is 2.80 bits per heavy atom. The minimum absolute atomic E-state index is 0.00218. The van der Waals surface area contributed by atoms with E-state index >= 15 is 0 Å². The molecule has 0 N–H and O–H groups in total. The van der Waals surface area contributed by atoms with Crippen molar-refractivity contribution in [2.45, 2.75) is 31.0 Å². The molecule has 0 saturated carbocycles. The van der Waals surface area contributed by atoms with Gasteiger partial charge in [-0.3, -0.25) is 0 Å². The zero-order valence-corrected chi connectivity index (χ0v) is 10.2. The summed E-state index contributed by atoms with van der Waals surface area (Å²) in [5.41, 5.74) is -2.27. The average molecular weight is 284 g/mol. The Labute approximate surface area is 110 Å². The van der Waals surface area contributed by atoms with E-state index in [4.69, 9.17) is 6.57 Å². The fourth-order valence-corrected chi connectivity index (χ4v) is 2.67. The van der Waals surface area contributed by atoms with Gasteiger partial charge in [-0.15, -0.1) is 5.10 Å². The molecule has 0 amide bonds. The summed E-state index contributed by atoms with van der Waals surface area (Å²) in [6.07, 6.45) is -3.75. The first kappa shape index (κ1) is 12.8. The Hall–Kier alpha value is -2.17. The first-order valence-electron chi connectivity index (χ1n) is 5.76. The van der Waals surface area contributed by atoms with Crippen molar-refractivity contribution in [2.24, 2.45) is 0 Å². The van der Waals surface area contributed by atoms with Crippen LogP contribution in [0, 0.1) is 12.5 Å². The molecule has 2 heterocycles. The maximum atomic E-state index is 13.4. The Kier molecular flexibility index (Phi) is 2.37. The minimum atomic E-state index is -4.56. The van der Waals surface area contributed by atoms with E-state index in [0.717, 1.165) is 17.5 Å². The molecule has 2 aromatic rings. The molecule has 3 rings (SSSR count). The van der Waals surface area contributed by atoms with Gasteiger partial charge >= 0.3 is 6.18 Å². The number of aromatic nitrogens is 3. The second kappa shape index (κ2) is 3.69. The summed E-state index contributed by atoms with van der Waals surface area (Å²) < 4.78 is 54.3. The van der Waals surface area contributed by atoms with Crippen molar-refractivity contribution in [3.8, 4) is 0 Å². The van der Waals surface area contributed by atoms with Crippen LogP contribution in [0.25, 0.3) is 10.5 Å². The predicted octanol–water partition coefficient (Wildman–Crippen LogP) is 3.05. The molecule has 1 aliphatic rings. The van der Waals surface area contributed by atoms with E-state index in [1.807, 2.05) is 0 Å². The summed E-state index contributed by atoms with van der Waals surface area (Å²) >= 11 is 0. The number of hydrogen-bond acceptors (Lipinski definition) is 2. The van der Waals surface area contributed by atoms with Gasteiger partial charge in [0.2, 0.25) is 5.95 Å². The van der Waals surface area contributed by atoms with E-state index in [1.54, 1.807) is 0 Å². The highest BCUT2D eigenvalue weighted by Gasteiger charge is 2.61. The Balaban J connectivity index is 2.39. The maximum Gasteiger partial charge on any atom is 0.400 e. The normalized spacial score (nSPS) is 25.7. The van der Waals surface area contributed by atoms with Gasteiger partial charge in [0, 0.05) is 18.7 Å². The smallest absolute Gasteiger partial charge is 0.308 e. The molecule has 2 atom stereocenters. The van der Waals surface area contributed by atoms with Crippen molar-refractivity contribution in [1.29, 1.82) is 0 Å². The third-order valence-electron chi connectivity index (χ3n) is 3.75. The summed E-state index contributed by atoms with van der Waals surface area (Å²) in [4.78, 5) is 7.10. The molecule has 20 heavy (non-hydrogen) atoms. The zero-order valence-electron chi connectivity index (χ0n) is 10.2. The van der Waals surface area contributed by atoms with Gasteiger partial charge in [0.1, 0.15) is 5.41 Å². The molecular formula is C12H8F4N4. The van der Waals surface area contributed by atoms with Gasteiger partial charge in [-0.25, -0.2) is 16.1 Å². The lowest BCUT2D eigenvalue weighted by Gasteiger charge is -2.27. The third kappa shape index (κ3) is 1.46. The molecule has 0 fully saturated rings. The second-order valence-electron chi connectivity index (χ2n) is 4.98. The molecule has 0 bridgehead atoms. The van der Waals surface area contributed by atoms with Crippen molar-refractivity contribution in [2.75, 3.05) is 0 Å². The van der Waals surface area contributed by atoms with Crippen molar-refractivity contribution in [1.82, 2.24) is 14.6 Å². The largest absolute Gasteiger partial charge is 0.400 e. The lowest BCUT2D eigenvalue weighted by molar-refractivity contribution is -0.186. The molecule has 4 nitrogen and oxygen atoms in total. The van der Waals surface area contributed by atoms with Crippen LogP contribution in [0.1, 0.15) is 30.6 Å². The molecule has 0 spiro atoms. The van der Waals surface area contributed by atoms with Crippen LogP contribution in [0.4, 0.5) is 17.6 Å². The fourth-order valence-electron chi connectivity index (χ4n) is 2.67. The summed E-state index contributed by atoms with van der Waals surface area (Å²) in [6, 6.07) is 0.0168. The van der Waals surface area contributed by atoms with Crippen LogP contribution in [0.3, 0.4) is 0 Å². The lowest BCUT2D eigenvalue weighted by atomic mass is 9.86. The second-order valence-corrected chi connectivity index (χ2v) is 4.98. The van der Waals surface area contributed by atoms with Crippen molar-refractivity contribution < 1.29 is 17.6 Å². The summed E-state index contributed by atoms with van der Waals surface area (Å²) in [7, 11) is 0. The molecule has 0 aliphatic heterocycles. The van der Waals surface area contributed by atoms with E-state index in [9.17, 15) is 17.6 Å². The number of hydrogen-bond donors (Lipinski definition) is 0. The van der Waals surface area contributed by atoms with E-state index in [2.05, 4.69) is 14.9 Å². The molecule has 0 aromatic carbocycles. The molecule has 0 radical (unpaired) electrons. The summed E-state index contributed by atoms with van der Waals surface area (Å²) in [5, 5.41) is 3.45. The van der Waals surface area contributed by atoms with Crippen LogP contribution in [-0.2, 0) is 5.41 Å². The molecule has 2 aromatic heterocycles. The monoisotopic (exact) mass is 284 g/mol. The van der Waals surface area contributed by atoms with Gasteiger partial charge in [-0.1, -0.05) is 0 Å². The standard InChI is InChI=1S/C12H8F4N4/c1-11(12(14,15)16)4-7(17-2)6-5-18-9-3-8(13)19-20(9)10(6)11/h3,5,7H,4H2,1H3. The lowest BCUT2D eigenvalue weighted by Crippen LogP contribution is -2.39. The molecule has 104 valence electrons. The van der Waals surface area contributed by atoms with Crippen LogP contribution in [-0.4, -0.2) is 20.8 Å². The first-order chi connectivity index (χ1) is 9.28. The molecule has 0 saturated heterocycles. The fraction of sp³-hybridized carbons (Fsp3) is 0.417. The van der Waals surface area contributed by atoms with Crippen molar-refractivity contribution in [3.63, 3.8) is 0 Å². The van der Waals surface area contributed by atoms with Gasteiger partial charge in [-0.05, 0) is 6.92 Å². The summed E-state index contributed by atoms with van der Waals surface area (Å²) in [5.74, 6) is -0.901. The molecular weight excluding hydrogens is 276 g/mol. The molecule has 8 heteroatoms. The highest BCUT2D eigenvalue weighted by molar-refractivity contribution is 5.47. The number of alkyl halides is 3. The van der Waals surface area contributed by atoms with Crippen LogP contribution < -0.4 is 0 Å². The van der Waals surface area contributed by atoms with Crippen molar-refractivity contribution >= 4 is 5.65 Å². The number of rotatable bonds is 0. The van der Waals surface area contributed by atoms with Gasteiger partial charge in [-0.2, -0.15) is 17.6 Å². The zero-order chi connectivity index (χ0) is 14.7. The van der Waals surface area contributed by atoms with Gasteiger partial charge in [0.25, 0.3) is 6.04 Å². The Morgan fingerprint density at radius 2 is 2.20 bits per heavy atom. The first-order valence-corrected chi connectivity index (χ1v) is 5.76. The van der Waals surface area contributed by atoms with Crippen LogP contribution in [0.15, 0.2) is 12.3 Å². The number of nitrogens with zero attached hydrogens (tertiary/aromatic N) is 4. The highest BCUT2D eigenvalue weighted by Crippen LogP contribution is 2.54. The number of fused-ring (bicyclic) bond motifs is 3. The van der Waals surface area contributed by atoms with Crippen LogP contribution >= 0.6 is 0 Å². The minimum Gasteiger partial charge on any atom is -0.308 e. The highest BCUT2D eigenvalue weighted by atomic mass is 19.4. The quantitative estimate of drug-likeness (QED) is 0.550. The molecule has 1 aliphatic carbocycles. The SMILES string of the molecule is [C-]#[N+]C1CC(C)(C(F)(F)F)c2c1cnc1cc(F)nn21. The van der Waals surface area contributed by atoms with E-state index in [-0.39, 0.29) is 16.9 Å². The summed E-state index contributed by atoms with van der Waals surface area (Å²) in [6.45, 7) is 8.06. The van der Waals surface area contributed by atoms with Crippen LogP contribution in [0.2, 0.25) is 0 Å². The van der Waals surface area contributed by atoms with E-state index in [1.165, 1.54) is 6.20 Å². The Bertz CT molecular complexity index is 742. The topological polar surface area (TPSA) is 34.5 Å². The van der Waals surface area contributed by atoms with Gasteiger partial charge in [0.05, 0.1) is 11.3 Å². The van der Waals surface area contributed by atoms with Gasteiger partial charge in [0.15, 0.2) is 5.65 Å². The average Bonchev–Trinajstić information content (AvgIpc) is 2.86. The van der Waals surface area contributed by atoms with Crippen LogP contribution in [0.5, 0.6) is 0 Å². The maximum absolute atomic E-state index is 13.4. The number of halogens is 4. The molecule has 2 unspecified atom stereocenters. The van der Waals surface area contributed by atoms with E-state index < -0.39 is 30.0 Å². The Morgan fingerprint density at radius 1 is 1.50 bits per heavy atom. The van der Waals surface area contributed by atoms with Crippen molar-refractivity contribution in [3.05, 3.63) is 40.9 Å². The third-order valence-corrected chi connectivity index (χ3v) is 3.75. The van der Waals surface area contributed by atoms with E-state index in [0.29, 0.717) is 0 Å². The predicted molar refractivity (Wildman–Crippen MR) is 60.3 cm³/mol.